The summed E-state index contributed by atoms with van der Waals surface area (Å²) in [5.41, 5.74) is 3.49. The molecule has 1 aliphatic carbocycles. The van der Waals surface area contributed by atoms with Gasteiger partial charge in [-0.05, 0) is 37.1 Å². The number of methoxy groups -OCH3 is 1. The molecule has 0 heterocycles. The quantitative estimate of drug-likeness (QED) is 0.308. The van der Waals surface area contributed by atoms with Crippen molar-refractivity contribution in [3.05, 3.63) is 24.3 Å². The Balaban J connectivity index is 2.00. The highest BCUT2D eigenvalue weighted by Gasteiger charge is 2.20. The number of nitrogens with zero attached hydrogens (tertiary/aromatic N) is 1. The van der Waals surface area contributed by atoms with Gasteiger partial charge in [-0.3, -0.25) is 5.43 Å². The van der Waals surface area contributed by atoms with Crippen molar-refractivity contribution in [2.24, 2.45) is 10.8 Å². The Morgan fingerprint density at radius 2 is 2.06 bits per heavy atom. The first-order valence-electron chi connectivity index (χ1n) is 5.27. The Morgan fingerprint density at radius 1 is 1.38 bits per heavy atom. The molecule has 4 N–H and O–H groups in total. The molecule has 0 spiro atoms. The zero-order valence-corrected chi connectivity index (χ0v) is 9.23. The van der Waals surface area contributed by atoms with Gasteiger partial charge in [-0.1, -0.05) is 0 Å². The predicted molar refractivity (Wildman–Crippen MR) is 64.4 cm³/mol. The summed E-state index contributed by atoms with van der Waals surface area (Å²) in [7, 11) is 1.64. The molecular formula is C11H16N4O. The summed E-state index contributed by atoms with van der Waals surface area (Å²) in [4.78, 5) is 4.38. The molecule has 0 radical (unpaired) electrons. The van der Waals surface area contributed by atoms with Gasteiger partial charge in [-0.15, -0.1) is 0 Å². The molecule has 2 rings (SSSR count). The summed E-state index contributed by atoms with van der Waals surface area (Å²) in [5.74, 6) is 6.81. The van der Waals surface area contributed by atoms with Gasteiger partial charge in [-0.2, -0.15) is 0 Å². The first-order valence-corrected chi connectivity index (χ1v) is 5.27. The van der Waals surface area contributed by atoms with Gasteiger partial charge in [-0.25, -0.2) is 10.8 Å². The maximum Gasteiger partial charge on any atom is 0.210 e. The first-order chi connectivity index (χ1) is 7.81. The zero-order valence-electron chi connectivity index (χ0n) is 9.23. The van der Waals surface area contributed by atoms with Crippen LogP contribution >= 0.6 is 0 Å². The molecule has 1 fully saturated rings. The van der Waals surface area contributed by atoms with Crippen LogP contribution in [0.25, 0.3) is 0 Å². The molecule has 5 nitrogen and oxygen atoms in total. The van der Waals surface area contributed by atoms with Gasteiger partial charge in [0.25, 0.3) is 0 Å². The Bertz CT molecular complexity index is 370. The van der Waals surface area contributed by atoms with Crippen LogP contribution in [0.3, 0.4) is 0 Å². The van der Waals surface area contributed by atoms with E-state index in [2.05, 4.69) is 15.7 Å². The number of rotatable bonds is 3. The molecule has 0 bridgehead atoms. The summed E-state index contributed by atoms with van der Waals surface area (Å²) in [6, 6.07) is 8.02. The third-order valence-corrected chi connectivity index (χ3v) is 2.35. The van der Waals surface area contributed by atoms with Crippen LogP contribution in [-0.4, -0.2) is 19.1 Å². The van der Waals surface area contributed by atoms with Gasteiger partial charge in [0.1, 0.15) is 5.75 Å². The minimum Gasteiger partial charge on any atom is -0.497 e. The Labute approximate surface area is 94.7 Å². The molecule has 5 heteroatoms. The lowest BCUT2D eigenvalue weighted by Crippen LogP contribution is -2.36. The molecule has 1 aromatic rings. The Morgan fingerprint density at radius 3 is 2.56 bits per heavy atom. The van der Waals surface area contributed by atoms with Crippen molar-refractivity contribution in [3.8, 4) is 5.75 Å². The van der Waals surface area contributed by atoms with Crippen LogP contribution < -0.4 is 21.3 Å². The minimum atomic E-state index is 0.428. The molecule has 86 valence electrons. The number of aliphatic imine (C=N–C) groups is 1. The van der Waals surface area contributed by atoms with Crippen LogP contribution in [0, 0.1) is 0 Å². The highest BCUT2D eigenvalue weighted by atomic mass is 16.5. The lowest BCUT2D eigenvalue weighted by Gasteiger charge is -2.09. The van der Waals surface area contributed by atoms with Crippen LogP contribution in [0.15, 0.2) is 29.3 Å². The molecule has 0 atom stereocenters. The molecule has 0 saturated heterocycles. The first kappa shape index (κ1) is 10.8. The smallest absolute Gasteiger partial charge is 0.210 e. The van der Waals surface area contributed by atoms with Gasteiger partial charge in [0.05, 0.1) is 13.2 Å². The van der Waals surface area contributed by atoms with E-state index in [-0.39, 0.29) is 0 Å². The van der Waals surface area contributed by atoms with Crippen molar-refractivity contribution in [3.63, 3.8) is 0 Å². The van der Waals surface area contributed by atoms with Gasteiger partial charge in [0.2, 0.25) is 5.96 Å². The van der Waals surface area contributed by atoms with E-state index in [1.165, 1.54) is 0 Å². The van der Waals surface area contributed by atoms with Gasteiger partial charge >= 0.3 is 0 Å². The Hall–Kier alpha value is -1.75. The van der Waals surface area contributed by atoms with Gasteiger partial charge in [0, 0.05) is 5.69 Å². The van der Waals surface area contributed by atoms with Crippen molar-refractivity contribution in [1.82, 2.24) is 5.43 Å². The molecule has 0 aromatic heterocycles. The fourth-order valence-corrected chi connectivity index (χ4v) is 1.30. The number of hydrogen-bond donors (Lipinski definition) is 3. The topological polar surface area (TPSA) is 71.7 Å². The van der Waals surface area contributed by atoms with Crippen molar-refractivity contribution in [2.75, 3.05) is 12.4 Å². The second kappa shape index (κ2) is 4.85. The van der Waals surface area contributed by atoms with E-state index >= 15 is 0 Å². The summed E-state index contributed by atoms with van der Waals surface area (Å²) in [6.07, 6.45) is 2.30. The number of ether oxygens (including phenoxy) is 1. The van der Waals surface area contributed by atoms with Crippen molar-refractivity contribution in [1.29, 1.82) is 0 Å². The highest BCUT2D eigenvalue weighted by Crippen LogP contribution is 2.23. The third-order valence-electron chi connectivity index (χ3n) is 2.35. The number of nitrogens with two attached hydrogens (primary N) is 1. The monoisotopic (exact) mass is 220 g/mol. The predicted octanol–water partition coefficient (Wildman–Crippen LogP) is 1.09. The van der Waals surface area contributed by atoms with Crippen molar-refractivity contribution in [2.45, 2.75) is 18.9 Å². The number of guanidine groups is 1. The van der Waals surface area contributed by atoms with Gasteiger partial charge in [0.15, 0.2) is 0 Å². The minimum absolute atomic E-state index is 0.428. The van der Waals surface area contributed by atoms with E-state index in [0.29, 0.717) is 12.0 Å². The average molecular weight is 220 g/mol. The van der Waals surface area contributed by atoms with Crippen LogP contribution in [0.2, 0.25) is 0 Å². The van der Waals surface area contributed by atoms with E-state index in [1.807, 2.05) is 24.3 Å². The number of anilines is 1. The fraction of sp³-hybridized carbons (Fsp3) is 0.364. The van der Waals surface area contributed by atoms with E-state index in [9.17, 15) is 0 Å². The molecule has 0 unspecified atom stereocenters. The zero-order chi connectivity index (χ0) is 11.4. The van der Waals surface area contributed by atoms with E-state index < -0.39 is 0 Å². The number of benzene rings is 1. The van der Waals surface area contributed by atoms with Crippen LogP contribution in [0.5, 0.6) is 5.75 Å². The Kier molecular flexibility index (Phi) is 3.26. The van der Waals surface area contributed by atoms with E-state index in [0.717, 1.165) is 24.3 Å². The highest BCUT2D eigenvalue weighted by molar-refractivity contribution is 5.93. The van der Waals surface area contributed by atoms with Gasteiger partial charge < -0.3 is 10.1 Å². The van der Waals surface area contributed by atoms with Crippen LogP contribution in [0.1, 0.15) is 12.8 Å². The lowest BCUT2D eigenvalue weighted by atomic mass is 10.3. The van der Waals surface area contributed by atoms with Crippen molar-refractivity contribution >= 4 is 11.6 Å². The second-order valence-corrected chi connectivity index (χ2v) is 3.71. The molecule has 0 aliphatic heterocycles. The SMILES string of the molecule is COc1ccc(NC(=NC2CC2)NN)cc1. The molecule has 1 saturated carbocycles. The summed E-state index contributed by atoms with van der Waals surface area (Å²) in [6.45, 7) is 0. The standard InChI is InChI=1S/C11H16N4O/c1-16-10-6-4-9(5-7-10)14-11(15-12)13-8-2-3-8/h4-8H,2-3,12H2,1H3,(H2,13,14,15). The summed E-state index contributed by atoms with van der Waals surface area (Å²) in [5, 5.41) is 3.11. The lowest BCUT2D eigenvalue weighted by molar-refractivity contribution is 0.415. The molecular weight excluding hydrogens is 204 g/mol. The maximum atomic E-state index is 5.38. The summed E-state index contributed by atoms with van der Waals surface area (Å²) >= 11 is 0. The van der Waals surface area contributed by atoms with Crippen LogP contribution in [0.4, 0.5) is 5.69 Å². The number of hydrogen-bond acceptors (Lipinski definition) is 3. The fourth-order valence-electron chi connectivity index (χ4n) is 1.30. The summed E-state index contributed by atoms with van der Waals surface area (Å²) < 4.78 is 5.08. The third kappa shape index (κ3) is 2.87. The largest absolute Gasteiger partial charge is 0.497 e. The average Bonchev–Trinajstić information content (AvgIpc) is 3.13. The van der Waals surface area contributed by atoms with Crippen LogP contribution in [-0.2, 0) is 0 Å². The second-order valence-electron chi connectivity index (χ2n) is 3.71. The molecule has 1 aliphatic rings. The molecule has 0 amide bonds. The van der Waals surface area contributed by atoms with E-state index in [1.54, 1.807) is 7.11 Å². The van der Waals surface area contributed by atoms with E-state index in [4.69, 9.17) is 10.6 Å². The number of nitrogens with one attached hydrogen (secondary N) is 2. The molecule has 1 aromatic carbocycles. The maximum absolute atomic E-state index is 5.38. The van der Waals surface area contributed by atoms with Crippen molar-refractivity contribution < 1.29 is 4.74 Å². The molecule has 16 heavy (non-hydrogen) atoms. The number of hydrazine groups is 1. The normalized spacial score (nSPS) is 15.8.